The summed E-state index contributed by atoms with van der Waals surface area (Å²) >= 11 is 0. The van der Waals surface area contributed by atoms with Crippen molar-refractivity contribution in [3.05, 3.63) is 41.5 Å². The molecule has 3 rings (SSSR count). The average Bonchev–Trinajstić information content (AvgIpc) is 3.12. The molecule has 0 saturated heterocycles. The van der Waals surface area contributed by atoms with E-state index in [9.17, 15) is 4.79 Å². The number of carbonyl (C=O) groups excluding carboxylic acids is 1. The molecule has 5 heteroatoms. The summed E-state index contributed by atoms with van der Waals surface area (Å²) in [6, 6.07) is 8.20. The van der Waals surface area contributed by atoms with E-state index in [-0.39, 0.29) is 18.3 Å². The molecule has 1 aromatic carbocycles. The molecule has 1 fully saturated rings. The van der Waals surface area contributed by atoms with Crippen LogP contribution in [0.5, 0.6) is 5.75 Å². The summed E-state index contributed by atoms with van der Waals surface area (Å²) in [5, 5.41) is 6.31. The molecule has 4 nitrogen and oxygen atoms in total. The summed E-state index contributed by atoms with van der Waals surface area (Å²) in [5.74, 6) is 1.07. The molecule has 25 heavy (non-hydrogen) atoms. The summed E-state index contributed by atoms with van der Waals surface area (Å²) < 4.78 is 6.04. The van der Waals surface area contributed by atoms with Crippen LogP contribution in [0.25, 0.3) is 0 Å². The van der Waals surface area contributed by atoms with Gasteiger partial charge in [0.05, 0.1) is 6.10 Å². The van der Waals surface area contributed by atoms with E-state index in [1.54, 1.807) is 0 Å². The number of carbonyl (C=O) groups is 1. The van der Waals surface area contributed by atoms with Crippen LogP contribution >= 0.6 is 12.4 Å². The third-order valence-corrected chi connectivity index (χ3v) is 4.81. The number of hydrogen-bond donors (Lipinski definition) is 2. The smallest absolute Gasteiger partial charge is 0.220 e. The van der Waals surface area contributed by atoms with Crippen molar-refractivity contribution in [3.63, 3.8) is 0 Å². The van der Waals surface area contributed by atoms with E-state index < -0.39 is 0 Å². The van der Waals surface area contributed by atoms with E-state index in [0.717, 1.165) is 44.5 Å². The SMILES string of the molecule is Cl.O=C(CCc1cccc(OC2CCCC2)c1)NCC1=CCNCC1. The molecule has 0 unspecified atom stereocenters. The van der Waals surface area contributed by atoms with Gasteiger partial charge in [-0.05, 0) is 62.8 Å². The molecule has 2 aliphatic rings. The number of rotatable bonds is 7. The number of nitrogens with one attached hydrogen (secondary N) is 2. The van der Waals surface area contributed by atoms with Gasteiger partial charge in [-0.1, -0.05) is 23.8 Å². The van der Waals surface area contributed by atoms with Crippen molar-refractivity contribution in [2.75, 3.05) is 19.6 Å². The van der Waals surface area contributed by atoms with Crippen LogP contribution in [0, 0.1) is 0 Å². The Hall–Kier alpha value is -1.52. The summed E-state index contributed by atoms with van der Waals surface area (Å²) in [6.45, 7) is 2.61. The van der Waals surface area contributed by atoms with E-state index in [4.69, 9.17) is 4.74 Å². The molecule has 1 saturated carbocycles. The van der Waals surface area contributed by atoms with Gasteiger partial charge < -0.3 is 15.4 Å². The van der Waals surface area contributed by atoms with Crippen LogP contribution in [0.2, 0.25) is 0 Å². The highest BCUT2D eigenvalue weighted by atomic mass is 35.5. The molecule has 0 bridgehead atoms. The predicted molar refractivity (Wildman–Crippen MR) is 103 cm³/mol. The molecule has 0 spiro atoms. The zero-order valence-corrected chi connectivity index (χ0v) is 15.6. The van der Waals surface area contributed by atoms with Gasteiger partial charge in [0, 0.05) is 19.5 Å². The van der Waals surface area contributed by atoms with Gasteiger partial charge in [0.1, 0.15) is 5.75 Å². The van der Waals surface area contributed by atoms with Crippen LogP contribution in [0.1, 0.15) is 44.1 Å². The second-order valence-electron chi connectivity index (χ2n) is 6.76. The van der Waals surface area contributed by atoms with Crippen LogP contribution in [0.15, 0.2) is 35.9 Å². The monoisotopic (exact) mass is 364 g/mol. The molecular weight excluding hydrogens is 336 g/mol. The van der Waals surface area contributed by atoms with Crippen molar-refractivity contribution < 1.29 is 9.53 Å². The highest BCUT2D eigenvalue weighted by molar-refractivity contribution is 5.85. The van der Waals surface area contributed by atoms with Crippen molar-refractivity contribution in [3.8, 4) is 5.75 Å². The highest BCUT2D eigenvalue weighted by Gasteiger charge is 2.16. The van der Waals surface area contributed by atoms with Crippen molar-refractivity contribution in [1.82, 2.24) is 10.6 Å². The van der Waals surface area contributed by atoms with E-state index >= 15 is 0 Å². The van der Waals surface area contributed by atoms with Gasteiger partial charge >= 0.3 is 0 Å². The number of benzene rings is 1. The highest BCUT2D eigenvalue weighted by Crippen LogP contribution is 2.24. The van der Waals surface area contributed by atoms with Crippen molar-refractivity contribution in [2.45, 2.75) is 51.0 Å². The van der Waals surface area contributed by atoms with Crippen LogP contribution in [0.3, 0.4) is 0 Å². The van der Waals surface area contributed by atoms with E-state index in [1.807, 2.05) is 12.1 Å². The minimum atomic E-state index is 0. The average molecular weight is 365 g/mol. The third kappa shape index (κ3) is 6.71. The van der Waals surface area contributed by atoms with Crippen LogP contribution in [0.4, 0.5) is 0 Å². The molecule has 0 atom stereocenters. The first-order valence-corrected chi connectivity index (χ1v) is 9.20. The lowest BCUT2D eigenvalue weighted by Crippen LogP contribution is -2.29. The Balaban J connectivity index is 0.00000225. The fourth-order valence-electron chi connectivity index (χ4n) is 3.36. The summed E-state index contributed by atoms with van der Waals surface area (Å²) in [6.07, 6.45) is 9.74. The van der Waals surface area contributed by atoms with Gasteiger partial charge in [-0.2, -0.15) is 0 Å². The van der Waals surface area contributed by atoms with Gasteiger partial charge in [-0.3, -0.25) is 4.79 Å². The largest absolute Gasteiger partial charge is 0.490 e. The Morgan fingerprint density at radius 3 is 2.88 bits per heavy atom. The van der Waals surface area contributed by atoms with Gasteiger partial charge in [0.15, 0.2) is 0 Å². The number of ether oxygens (including phenoxy) is 1. The van der Waals surface area contributed by atoms with Gasteiger partial charge in [0.25, 0.3) is 0 Å². The van der Waals surface area contributed by atoms with Crippen molar-refractivity contribution in [2.24, 2.45) is 0 Å². The first kappa shape index (κ1) is 19.8. The normalized spacial score (nSPS) is 17.5. The van der Waals surface area contributed by atoms with E-state index in [0.29, 0.717) is 19.1 Å². The fraction of sp³-hybridized carbons (Fsp3) is 0.550. The Morgan fingerprint density at radius 1 is 1.28 bits per heavy atom. The molecule has 0 aromatic heterocycles. The van der Waals surface area contributed by atoms with Gasteiger partial charge in [-0.15, -0.1) is 12.4 Å². The Morgan fingerprint density at radius 2 is 2.12 bits per heavy atom. The Bertz CT molecular complexity index is 583. The molecule has 1 heterocycles. The molecule has 138 valence electrons. The predicted octanol–water partition coefficient (Wildman–Crippen LogP) is 3.40. The minimum absolute atomic E-state index is 0. The lowest BCUT2D eigenvalue weighted by molar-refractivity contribution is -0.120. The molecule has 1 aliphatic heterocycles. The van der Waals surface area contributed by atoms with E-state index in [1.165, 1.54) is 24.0 Å². The second-order valence-corrected chi connectivity index (χ2v) is 6.76. The Kier molecular flexibility index (Phi) is 8.29. The standard InChI is InChI=1S/C20H28N2O2.ClH/c23-20(22-15-17-10-12-21-13-11-17)9-8-16-4-3-7-19(14-16)24-18-5-1-2-6-18;/h3-4,7,10,14,18,21H,1-2,5-6,8-9,11-13,15H2,(H,22,23);1H. The Labute approximate surface area is 156 Å². The first-order valence-electron chi connectivity index (χ1n) is 9.20. The maximum atomic E-state index is 12.0. The van der Waals surface area contributed by atoms with E-state index in [2.05, 4.69) is 28.8 Å². The van der Waals surface area contributed by atoms with Crippen LogP contribution < -0.4 is 15.4 Å². The van der Waals surface area contributed by atoms with Gasteiger partial charge in [0.2, 0.25) is 5.91 Å². The molecule has 0 radical (unpaired) electrons. The molecule has 1 aromatic rings. The molecule has 2 N–H and O–H groups in total. The van der Waals surface area contributed by atoms with Crippen LogP contribution in [-0.2, 0) is 11.2 Å². The quantitative estimate of drug-likeness (QED) is 0.729. The maximum absolute atomic E-state index is 12.0. The lowest BCUT2D eigenvalue weighted by Gasteiger charge is -2.15. The maximum Gasteiger partial charge on any atom is 0.220 e. The zero-order chi connectivity index (χ0) is 16.6. The molecule has 1 amide bonds. The topological polar surface area (TPSA) is 50.4 Å². The number of halogens is 1. The van der Waals surface area contributed by atoms with Crippen molar-refractivity contribution in [1.29, 1.82) is 0 Å². The molecular formula is C20H29ClN2O2. The van der Waals surface area contributed by atoms with Crippen LogP contribution in [-0.4, -0.2) is 31.6 Å². The first-order chi connectivity index (χ1) is 11.8. The third-order valence-electron chi connectivity index (χ3n) is 4.81. The minimum Gasteiger partial charge on any atom is -0.490 e. The fourth-order valence-corrected chi connectivity index (χ4v) is 3.36. The lowest BCUT2D eigenvalue weighted by atomic mass is 10.1. The number of hydrogen-bond acceptors (Lipinski definition) is 3. The van der Waals surface area contributed by atoms with Crippen molar-refractivity contribution >= 4 is 18.3 Å². The number of aryl methyl sites for hydroxylation is 1. The zero-order valence-electron chi connectivity index (χ0n) is 14.8. The molecule has 1 aliphatic carbocycles. The number of amides is 1. The summed E-state index contributed by atoms with van der Waals surface area (Å²) in [4.78, 5) is 12.0. The summed E-state index contributed by atoms with van der Waals surface area (Å²) in [7, 11) is 0. The second kappa shape index (κ2) is 10.5. The van der Waals surface area contributed by atoms with Gasteiger partial charge in [-0.25, -0.2) is 0 Å². The summed E-state index contributed by atoms with van der Waals surface area (Å²) in [5.41, 5.74) is 2.50.